The van der Waals surface area contributed by atoms with Gasteiger partial charge in [0.2, 0.25) is 17.7 Å². The smallest absolute Gasteiger partial charge is 0.249 e. The molecule has 3 amide bonds. The number of benzene rings is 1. The van der Waals surface area contributed by atoms with Crippen LogP contribution in [0.2, 0.25) is 0 Å². The minimum absolute atomic E-state index is 0.00668. The molecule has 1 aromatic rings. The maximum absolute atomic E-state index is 14.2. The van der Waals surface area contributed by atoms with Gasteiger partial charge in [0.25, 0.3) is 0 Å². The Bertz CT molecular complexity index is 1120. The van der Waals surface area contributed by atoms with E-state index in [0.29, 0.717) is 19.6 Å². The number of ether oxygens (including phenoxy) is 1. The van der Waals surface area contributed by atoms with Crippen LogP contribution in [0.5, 0.6) is 0 Å². The summed E-state index contributed by atoms with van der Waals surface area (Å²) in [5.74, 6) is -2.29. The molecule has 1 aromatic carbocycles. The minimum Gasteiger partial charge on any atom is -0.395 e. The number of hydrogen-bond donors (Lipinski definition) is 1. The van der Waals surface area contributed by atoms with E-state index in [1.807, 2.05) is 68.5 Å². The Kier molecular flexibility index (Phi) is 6.75. The fraction of sp³-hybridized carbons (Fsp3) is 0.552. The Labute approximate surface area is 218 Å². The molecule has 2 fully saturated rings. The minimum atomic E-state index is -1.28. The van der Waals surface area contributed by atoms with Crippen molar-refractivity contribution in [2.45, 2.75) is 63.4 Å². The summed E-state index contributed by atoms with van der Waals surface area (Å²) >= 11 is 0. The maximum atomic E-state index is 14.2. The highest BCUT2D eigenvalue weighted by Crippen LogP contribution is 2.57. The van der Waals surface area contributed by atoms with Crippen molar-refractivity contribution in [1.29, 1.82) is 0 Å². The number of β-amino-alcohol motifs (C(OH)–C–C–N with tert-alkyl or cyclic N) is 1. The van der Waals surface area contributed by atoms with Crippen LogP contribution in [0, 0.1) is 11.8 Å². The standard InChI is InChI=1S/C29H37N3O5/c1-4-10-20(2)31-16-9-14-29-23(26(35)32(17-18-33)24(29)27(31)36)22-25(34)30(15-8-13-28(22,3)37-29)19-21-11-6-5-7-12-21/h5-9,11-14,20,22-24,33H,4,10,15-19H2,1-3H3/t20?,22-,23-,24?,28+,29-/m0/s1. The molecule has 1 N–H and O–H groups in total. The van der Waals surface area contributed by atoms with Gasteiger partial charge in [0.05, 0.1) is 24.0 Å². The molecule has 4 aliphatic rings. The third-order valence-electron chi connectivity index (χ3n) is 8.47. The zero-order valence-electron chi connectivity index (χ0n) is 21.9. The molecule has 37 heavy (non-hydrogen) atoms. The van der Waals surface area contributed by atoms with Gasteiger partial charge in [-0.25, -0.2) is 0 Å². The molecule has 8 nitrogen and oxygen atoms in total. The van der Waals surface area contributed by atoms with Crippen molar-refractivity contribution in [1.82, 2.24) is 14.7 Å². The Morgan fingerprint density at radius 1 is 1.03 bits per heavy atom. The summed E-state index contributed by atoms with van der Waals surface area (Å²) in [6, 6.07) is 8.84. The zero-order chi connectivity index (χ0) is 26.4. The third kappa shape index (κ3) is 4.01. The SMILES string of the molecule is CCCC(C)N1CC=C[C@]23O[C@]4(C)C=CCN(Cc5ccccc5)C(=O)[C@@H]4[C@H]2C(=O)N(CCO)C3C1=O. The highest BCUT2D eigenvalue weighted by Gasteiger charge is 2.74. The summed E-state index contributed by atoms with van der Waals surface area (Å²) < 4.78 is 6.79. The van der Waals surface area contributed by atoms with Crippen LogP contribution in [-0.2, 0) is 25.7 Å². The van der Waals surface area contributed by atoms with Gasteiger partial charge in [-0.3, -0.25) is 14.4 Å². The van der Waals surface area contributed by atoms with E-state index in [4.69, 9.17) is 4.74 Å². The summed E-state index contributed by atoms with van der Waals surface area (Å²) in [7, 11) is 0. The second-order valence-corrected chi connectivity index (χ2v) is 10.9. The van der Waals surface area contributed by atoms with Crippen LogP contribution < -0.4 is 0 Å². The van der Waals surface area contributed by atoms with E-state index in [2.05, 4.69) is 6.92 Å². The van der Waals surface area contributed by atoms with E-state index >= 15 is 0 Å². The van der Waals surface area contributed by atoms with E-state index in [1.165, 1.54) is 4.90 Å². The normalized spacial score (nSPS) is 33.8. The summed E-state index contributed by atoms with van der Waals surface area (Å²) in [5, 5.41) is 9.83. The molecule has 2 unspecified atom stereocenters. The number of rotatable bonds is 7. The van der Waals surface area contributed by atoms with Gasteiger partial charge in [-0.15, -0.1) is 0 Å². The Morgan fingerprint density at radius 2 is 1.76 bits per heavy atom. The quantitative estimate of drug-likeness (QED) is 0.571. The van der Waals surface area contributed by atoms with Crippen molar-refractivity contribution in [3.8, 4) is 0 Å². The number of carbonyl (C=O) groups excluding carboxylic acids is 3. The average Bonchev–Trinajstić information content (AvgIpc) is 3.13. The molecule has 2 saturated heterocycles. The van der Waals surface area contributed by atoms with Gasteiger partial charge in [0.1, 0.15) is 11.6 Å². The van der Waals surface area contributed by atoms with Crippen molar-refractivity contribution in [3.05, 3.63) is 60.2 Å². The Hall–Kier alpha value is -2.97. The first-order chi connectivity index (χ1) is 17.8. The molecule has 5 rings (SSSR count). The average molecular weight is 508 g/mol. The van der Waals surface area contributed by atoms with Crippen LogP contribution in [-0.4, -0.2) is 87.1 Å². The fourth-order valence-electron chi connectivity index (χ4n) is 6.85. The number of amides is 3. The molecule has 4 heterocycles. The van der Waals surface area contributed by atoms with Crippen LogP contribution in [0.25, 0.3) is 0 Å². The topological polar surface area (TPSA) is 90.4 Å². The molecule has 4 aliphatic heterocycles. The number of aliphatic hydroxyl groups excluding tert-OH is 1. The highest BCUT2D eigenvalue weighted by atomic mass is 16.5. The zero-order valence-corrected chi connectivity index (χ0v) is 21.9. The van der Waals surface area contributed by atoms with E-state index in [9.17, 15) is 19.5 Å². The van der Waals surface area contributed by atoms with Gasteiger partial charge in [-0.2, -0.15) is 0 Å². The van der Waals surface area contributed by atoms with E-state index in [0.717, 1.165) is 18.4 Å². The number of hydrogen-bond acceptors (Lipinski definition) is 5. The van der Waals surface area contributed by atoms with E-state index in [1.54, 1.807) is 9.80 Å². The molecule has 0 aromatic heterocycles. The van der Waals surface area contributed by atoms with Crippen LogP contribution >= 0.6 is 0 Å². The van der Waals surface area contributed by atoms with Crippen molar-refractivity contribution in [2.75, 3.05) is 26.2 Å². The summed E-state index contributed by atoms with van der Waals surface area (Å²) in [5.41, 5.74) is -1.32. The molecule has 0 aliphatic carbocycles. The molecule has 0 bridgehead atoms. The van der Waals surface area contributed by atoms with Gasteiger partial charge in [0.15, 0.2) is 0 Å². The van der Waals surface area contributed by atoms with Gasteiger partial charge in [-0.05, 0) is 25.8 Å². The van der Waals surface area contributed by atoms with Gasteiger partial charge in [0, 0.05) is 32.2 Å². The second kappa shape index (κ2) is 9.72. The second-order valence-electron chi connectivity index (χ2n) is 10.9. The first kappa shape index (κ1) is 25.7. The molecule has 198 valence electrons. The van der Waals surface area contributed by atoms with Gasteiger partial charge in [-0.1, -0.05) is 68.0 Å². The van der Waals surface area contributed by atoms with Crippen molar-refractivity contribution < 1.29 is 24.2 Å². The molecule has 8 heteroatoms. The molecule has 6 atom stereocenters. The fourth-order valence-corrected chi connectivity index (χ4v) is 6.85. The number of nitrogens with zero attached hydrogens (tertiary/aromatic N) is 3. The summed E-state index contributed by atoms with van der Waals surface area (Å²) in [4.78, 5) is 47.3. The highest BCUT2D eigenvalue weighted by molar-refractivity contribution is 6.00. The van der Waals surface area contributed by atoms with Crippen LogP contribution in [0.4, 0.5) is 0 Å². The third-order valence-corrected chi connectivity index (χ3v) is 8.47. The first-order valence-corrected chi connectivity index (χ1v) is 13.4. The molecular weight excluding hydrogens is 470 g/mol. The van der Waals surface area contributed by atoms with Crippen molar-refractivity contribution >= 4 is 17.7 Å². The lowest BCUT2D eigenvalue weighted by atomic mass is 9.74. The Morgan fingerprint density at radius 3 is 2.46 bits per heavy atom. The Balaban J connectivity index is 1.57. The lowest BCUT2D eigenvalue weighted by molar-refractivity contribution is -0.154. The maximum Gasteiger partial charge on any atom is 0.249 e. The molecule has 1 spiro atoms. The lowest BCUT2D eigenvalue weighted by Gasteiger charge is -2.38. The number of aliphatic hydroxyl groups is 1. The van der Waals surface area contributed by atoms with Crippen LogP contribution in [0.15, 0.2) is 54.6 Å². The van der Waals surface area contributed by atoms with Crippen LogP contribution in [0.1, 0.15) is 39.2 Å². The molecule has 0 radical (unpaired) electrons. The lowest BCUT2D eigenvalue weighted by Crippen LogP contribution is -2.57. The van der Waals surface area contributed by atoms with Gasteiger partial charge >= 0.3 is 0 Å². The van der Waals surface area contributed by atoms with E-state index < -0.39 is 29.1 Å². The number of fused-ring (bicyclic) bond motifs is 2. The predicted molar refractivity (Wildman–Crippen MR) is 138 cm³/mol. The monoisotopic (exact) mass is 507 g/mol. The van der Waals surface area contributed by atoms with Crippen molar-refractivity contribution in [2.24, 2.45) is 11.8 Å². The largest absolute Gasteiger partial charge is 0.395 e. The number of carbonyl (C=O) groups is 3. The van der Waals surface area contributed by atoms with E-state index in [-0.39, 0.29) is 36.9 Å². The molecule has 0 saturated carbocycles. The van der Waals surface area contributed by atoms with Crippen molar-refractivity contribution in [3.63, 3.8) is 0 Å². The molecular formula is C29H37N3O5. The van der Waals surface area contributed by atoms with Gasteiger partial charge < -0.3 is 24.5 Å². The summed E-state index contributed by atoms with van der Waals surface area (Å²) in [6.45, 7) is 6.95. The van der Waals surface area contributed by atoms with Crippen LogP contribution in [0.3, 0.4) is 0 Å². The predicted octanol–water partition coefficient (Wildman–Crippen LogP) is 2.14. The number of likely N-dealkylation sites (tertiary alicyclic amines) is 1. The summed E-state index contributed by atoms with van der Waals surface area (Å²) in [6.07, 6.45) is 9.37. The first-order valence-electron chi connectivity index (χ1n) is 13.4.